The Kier molecular flexibility index (Phi) is 4.83. The van der Waals surface area contributed by atoms with E-state index >= 15 is 0 Å². The van der Waals surface area contributed by atoms with Gasteiger partial charge in [0, 0.05) is 13.1 Å². The summed E-state index contributed by atoms with van der Waals surface area (Å²) in [7, 11) is 0. The van der Waals surface area contributed by atoms with Crippen LogP contribution >= 0.6 is 11.8 Å². The van der Waals surface area contributed by atoms with Gasteiger partial charge in [0.25, 0.3) is 0 Å². The minimum Gasteiger partial charge on any atom is -0.481 e. The Morgan fingerprint density at radius 3 is 2.60 bits per heavy atom. The first-order valence-corrected chi connectivity index (χ1v) is 7.37. The molecule has 1 amide bonds. The van der Waals surface area contributed by atoms with Crippen molar-refractivity contribution in [3.8, 4) is 0 Å². The number of amides is 1. The number of carboxylic acid groups (broad SMARTS) is 1. The van der Waals surface area contributed by atoms with E-state index in [2.05, 4.69) is 10.2 Å². The average Bonchev–Trinajstić information content (AvgIpc) is 2.78. The SMILES string of the molecule is Nc1nnc(SCC(=O)O)n1CC(=O)N1CCCCC1. The fraction of sp³-hybridized carbons (Fsp3) is 0.636. The summed E-state index contributed by atoms with van der Waals surface area (Å²) in [6, 6.07) is 0. The molecule has 1 aliphatic rings. The molecular weight excluding hydrogens is 282 g/mol. The lowest BCUT2D eigenvalue weighted by Gasteiger charge is -2.27. The number of piperidine rings is 1. The Bertz CT molecular complexity index is 498. The van der Waals surface area contributed by atoms with Gasteiger partial charge in [-0.25, -0.2) is 0 Å². The van der Waals surface area contributed by atoms with Gasteiger partial charge in [-0.2, -0.15) is 0 Å². The molecule has 0 radical (unpaired) electrons. The number of nitrogens with two attached hydrogens (primary N) is 1. The van der Waals surface area contributed by atoms with E-state index in [4.69, 9.17) is 10.8 Å². The van der Waals surface area contributed by atoms with Gasteiger partial charge in [-0.15, -0.1) is 10.2 Å². The Balaban J connectivity index is 2.02. The smallest absolute Gasteiger partial charge is 0.313 e. The number of nitrogen functional groups attached to an aromatic ring is 1. The normalized spacial score (nSPS) is 15.3. The first-order chi connectivity index (χ1) is 9.58. The average molecular weight is 299 g/mol. The Morgan fingerprint density at radius 2 is 1.95 bits per heavy atom. The van der Waals surface area contributed by atoms with Crippen molar-refractivity contribution < 1.29 is 14.7 Å². The molecule has 8 nitrogen and oxygen atoms in total. The summed E-state index contributed by atoms with van der Waals surface area (Å²) in [5.74, 6) is -1.00. The fourth-order valence-electron chi connectivity index (χ4n) is 2.06. The van der Waals surface area contributed by atoms with Crippen LogP contribution < -0.4 is 5.73 Å². The van der Waals surface area contributed by atoms with Crippen molar-refractivity contribution in [1.82, 2.24) is 19.7 Å². The van der Waals surface area contributed by atoms with Gasteiger partial charge in [0.1, 0.15) is 6.54 Å². The monoisotopic (exact) mass is 299 g/mol. The topological polar surface area (TPSA) is 114 Å². The maximum absolute atomic E-state index is 12.2. The number of carbonyl (C=O) groups excluding carboxylic acids is 1. The molecule has 0 bridgehead atoms. The van der Waals surface area contributed by atoms with Gasteiger partial charge < -0.3 is 15.7 Å². The fourth-order valence-corrected chi connectivity index (χ4v) is 2.73. The molecule has 2 heterocycles. The second kappa shape index (κ2) is 6.60. The molecule has 1 aromatic heterocycles. The molecule has 3 N–H and O–H groups in total. The summed E-state index contributed by atoms with van der Waals surface area (Å²) in [4.78, 5) is 24.6. The van der Waals surface area contributed by atoms with Crippen LogP contribution in [0.1, 0.15) is 19.3 Å². The van der Waals surface area contributed by atoms with E-state index < -0.39 is 5.97 Å². The molecular formula is C11H17N5O3S. The van der Waals surface area contributed by atoms with Crippen LogP contribution in [0.5, 0.6) is 0 Å². The molecule has 20 heavy (non-hydrogen) atoms. The molecule has 0 aliphatic carbocycles. The maximum atomic E-state index is 12.2. The predicted molar refractivity (Wildman–Crippen MR) is 73.2 cm³/mol. The maximum Gasteiger partial charge on any atom is 0.313 e. The second-order valence-corrected chi connectivity index (χ2v) is 5.49. The van der Waals surface area contributed by atoms with Crippen LogP contribution in [0.25, 0.3) is 0 Å². The Morgan fingerprint density at radius 1 is 1.25 bits per heavy atom. The molecule has 0 atom stereocenters. The predicted octanol–water partition coefficient (Wildman–Crippen LogP) is 0.0495. The number of thioether (sulfide) groups is 1. The number of rotatable bonds is 5. The lowest BCUT2D eigenvalue weighted by Crippen LogP contribution is -2.38. The molecule has 1 aliphatic heterocycles. The number of nitrogens with zero attached hydrogens (tertiary/aromatic N) is 4. The van der Waals surface area contributed by atoms with E-state index in [1.54, 1.807) is 4.90 Å². The third-order valence-corrected chi connectivity index (χ3v) is 4.02. The Labute approximate surface area is 120 Å². The number of carboxylic acids is 1. The van der Waals surface area contributed by atoms with Gasteiger partial charge in [0.15, 0.2) is 5.16 Å². The summed E-state index contributed by atoms with van der Waals surface area (Å²) in [5, 5.41) is 16.5. The molecule has 110 valence electrons. The third kappa shape index (κ3) is 3.62. The zero-order chi connectivity index (χ0) is 14.5. The first kappa shape index (κ1) is 14.6. The number of hydrogen-bond donors (Lipinski definition) is 2. The molecule has 0 saturated carbocycles. The lowest BCUT2D eigenvalue weighted by molar-refractivity contribution is -0.134. The van der Waals surface area contributed by atoms with E-state index in [1.165, 1.54) is 4.57 Å². The van der Waals surface area contributed by atoms with Gasteiger partial charge in [0.05, 0.1) is 5.75 Å². The number of hydrogen-bond acceptors (Lipinski definition) is 6. The minimum absolute atomic E-state index is 0.0339. The largest absolute Gasteiger partial charge is 0.481 e. The van der Waals surface area contributed by atoms with Crippen molar-refractivity contribution in [2.24, 2.45) is 0 Å². The van der Waals surface area contributed by atoms with Crippen molar-refractivity contribution in [2.45, 2.75) is 31.0 Å². The van der Waals surface area contributed by atoms with Gasteiger partial charge in [0.2, 0.25) is 11.9 Å². The van der Waals surface area contributed by atoms with Gasteiger partial charge in [-0.1, -0.05) is 11.8 Å². The first-order valence-electron chi connectivity index (χ1n) is 6.39. The van der Waals surface area contributed by atoms with Crippen LogP contribution in [0.15, 0.2) is 5.16 Å². The van der Waals surface area contributed by atoms with E-state index in [0.717, 1.165) is 44.1 Å². The number of anilines is 1. The van der Waals surface area contributed by atoms with E-state index in [1.807, 2.05) is 0 Å². The molecule has 0 aromatic carbocycles. The summed E-state index contributed by atoms with van der Waals surface area (Å²) in [6.07, 6.45) is 3.19. The van der Waals surface area contributed by atoms with E-state index in [-0.39, 0.29) is 24.2 Å². The van der Waals surface area contributed by atoms with Crippen molar-refractivity contribution in [2.75, 3.05) is 24.6 Å². The van der Waals surface area contributed by atoms with Crippen LogP contribution in [0, 0.1) is 0 Å². The number of aliphatic carboxylic acids is 1. The minimum atomic E-state index is -0.953. The van der Waals surface area contributed by atoms with E-state index in [9.17, 15) is 9.59 Å². The van der Waals surface area contributed by atoms with E-state index in [0.29, 0.717) is 5.16 Å². The number of likely N-dealkylation sites (tertiary alicyclic amines) is 1. The van der Waals surface area contributed by atoms with Crippen molar-refractivity contribution in [3.63, 3.8) is 0 Å². The molecule has 0 unspecified atom stereocenters. The standard InChI is InChI=1S/C11H17N5O3S/c12-10-13-14-11(20-7-9(18)19)16(10)6-8(17)15-4-2-1-3-5-15/h1-7H2,(H2,12,13)(H,18,19). The van der Waals surface area contributed by atoms with Crippen molar-refractivity contribution in [3.05, 3.63) is 0 Å². The highest BCUT2D eigenvalue weighted by molar-refractivity contribution is 7.99. The van der Waals surface area contributed by atoms with Gasteiger partial charge in [-0.05, 0) is 19.3 Å². The molecule has 1 fully saturated rings. The van der Waals surface area contributed by atoms with Crippen molar-refractivity contribution >= 4 is 29.6 Å². The molecule has 1 saturated heterocycles. The zero-order valence-electron chi connectivity index (χ0n) is 11.0. The van der Waals surface area contributed by atoms with Crippen LogP contribution in [0.2, 0.25) is 0 Å². The molecule has 0 spiro atoms. The third-order valence-electron chi connectivity index (χ3n) is 3.07. The quantitative estimate of drug-likeness (QED) is 0.738. The number of carbonyl (C=O) groups is 2. The zero-order valence-corrected chi connectivity index (χ0v) is 11.8. The number of aromatic nitrogens is 3. The highest BCUT2D eigenvalue weighted by atomic mass is 32.2. The molecule has 1 aromatic rings. The van der Waals surface area contributed by atoms with Gasteiger partial charge in [-0.3, -0.25) is 14.2 Å². The van der Waals surface area contributed by atoms with Crippen LogP contribution in [-0.2, 0) is 16.1 Å². The Hall–Kier alpha value is -1.77. The van der Waals surface area contributed by atoms with Crippen molar-refractivity contribution in [1.29, 1.82) is 0 Å². The van der Waals surface area contributed by atoms with Gasteiger partial charge >= 0.3 is 5.97 Å². The summed E-state index contributed by atoms with van der Waals surface area (Å²) < 4.78 is 1.46. The highest BCUT2D eigenvalue weighted by Gasteiger charge is 2.20. The summed E-state index contributed by atoms with van der Waals surface area (Å²) in [6.45, 7) is 1.58. The summed E-state index contributed by atoms with van der Waals surface area (Å²) >= 11 is 1.00. The van der Waals surface area contributed by atoms with Crippen LogP contribution in [0.4, 0.5) is 5.95 Å². The molecule has 9 heteroatoms. The highest BCUT2D eigenvalue weighted by Crippen LogP contribution is 2.18. The van der Waals surface area contributed by atoms with Crippen LogP contribution in [0.3, 0.4) is 0 Å². The van der Waals surface area contributed by atoms with Crippen LogP contribution in [-0.4, -0.2) is 55.5 Å². The molecule has 2 rings (SSSR count). The second-order valence-electron chi connectivity index (χ2n) is 4.55. The summed E-state index contributed by atoms with van der Waals surface area (Å²) in [5.41, 5.74) is 5.68. The lowest BCUT2D eigenvalue weighted by atomic mass is 10.1.